The van der Waals surface area contributed by atoms with Crippen LogP contribution in [0.25, 0.3) is 0 Å². The van der Waals surface area contributed by atoms with Gasteiger partial charge in [0.25, 0.3) is 0 Å². The molecular formula is C14H24ClN3O2. The molecular weight excluding hydrogens is 278 g/mol. The number of aryl methyl sites for hydroxylation is 2. The minimum Gasteiger partial charge on any atom is -0.383 e. The molecule has 1 aromatic heterocycles. The monoisotopic (exact) mass is 301 g/mol. The summed E-state index contributed by atoms with van der Waals surface area (Å²) in [5, 5.41) is 8.60. The van der Waals surface area contributed by atoms with Crippen LogP contribution in [0.5, 0.6) is 0 Å². The second-order valence-corrected chi connectivity index (χ2v) is 5.99. The van der Waals surface area contributed by atoms with Gasteiger partial charge in [-0.2, -0.15) is 5.10 Å². The van der Waals surface area contributed by atoms with E-state index in [2.05, 4.69) is 10.4 Å². The Labute approximate surface area is 125 Å². The number of nitrogens with one attached hydrogen (secondary N) is 1. The zero-order valence-corrected chi connectivity index (χ0v) is 13.3. The number of aromatic nitrogens is 2. The van der Waals surface area contributed by atoms with E-state index in [-0.39, 0.29) is 5.41 Å². The number of hydrogen-bond acceptors (Lipinski definition) is 4. The molecule has 1 atom stereocenters. The number of ether oxygens (including phenoxy) is 2. The highest BCUT2D eigenvalue weighted by Crippen LogP contribution is 2.35. The third-order valence-corrected chi connectivity index (χ3v) is 4.46. The third kappa shape index (κ3) is 3.52. The van der Waals surface area contributed by atoms with E-state index in [4.69, 9.17) is 21.1 Å². The van der Waals surface area contributed by atoms with Gasteiger partial charge in [-0.05, 0) is 19.8 Å². The van der Waals surface area contributed by atoms with Gasteiger partial charge in [0.15, 0.2) is 0 Å². The predicted molar refractivity (Wildman–Crippen MR) is 79.3 cm³/mol. The van der Waals surface area contributed by atoms with Crippen molar-refractivity contribution in [3.05, 3.63) is 16.4 Å². The van der Waals surface area contributed by atoms with Crippen molar-refractivity contribution in [1.29, 1.82) is 0 Å². The van der Waals surface area contributed by atoms with Crippen LogP contribution in [0.3, 0.4) is 0 Å². The fourth-order valence-electron chi connectivity index (χ4n) is 2.77. The minimum atomic E-state index is 0.116. The fourth-order valence-corrected chi connectivity index (χ4v) is 3.01. The van der Waals surface area contributed by atoms with E-state index in [0.29, 0.717) is 0 Å². The van der Waals surface area contributed by atoms with Crippen LogP contribution < -0.4 is 5.32 Å². The van der Waals surface area contributed by atoms with Gasteiger partial charge in [0.2, 0.25) is 0 Å². The molecule has 0 aliphatic carbocycles. The molecule has 1 saturated heterocycles. The first-order chi connectivity index (χ1) is 9.58. The third-order valence-electron chi connectivity index (χ3n) is 3.99. The second-order valence-electron chi connectivity index (χ2n) is 5.63. The Morgan fingerprint density at radius 1 is 1.55 bits per heavy atom. The van der Waals surface area contributed by atoms with Gasteiger partial charge in [0.05, 0.1) is 18.9 Å². The molecule has 114 valence electrons. The lowest BCUT2D eigenvalue weighted by molar-refractivity contribution is 0.145. The maximum absolute atomic E-state index is 6.36. The molecule has 0 radical (unpaired) electrons. The summed E-state index contributed by atoms with van der Waals surface area (Å²) in [4.78, 5) is 0. The van der Waals surface area contributed by atoms with Crippen molar-refractivity contribution in [3.63, 3.8) is 0 Å². The second kappa shape index (κ2) is 6.89. The van der Waals surface area contributed by atoms with Crippen LogP contribution in [0.1, 0.15) is 17.7 Å². The molecule has 2 rings (SSSR count). The first kappa shape index (κ1) is 15.8. The van der Waals surface area contributed by atoms with Crippen LogP contribution in [-0.2, 0) is 22.9 Å². The smallest absolute Gasteiger partial charge is 0.130 e. The fraction of sp³-hybridized carbons (Fsp3) is 0.786. The SMILES string of the molecule is COCCNCC1(Cc2c(C)nn(C)c2Cl)CCOC1. The Kier molecular flexibility index (Phi) is 5.43. The van der Waals surface area contributed by atoms with E-state index in [9.17, 15) is 0 Å². The molecule has 1 aliphatic heterocycles. The van der Waals surface area contributed by atoms with Crippen molar-refractivity contribution in [1.82, 2.24) is 15.1 Å². The van der Waals surface area contributed by atoms with Gasteiger partial charge in [-0.25, -0.2) is 0 Å². The summed E-state index contributed by atoms with van der Waals surface area (Å²) in [7, 11) is 3.60. The van der Waals surface area contributed by atoms with Gasteiger partial charge < -0.3 is 14.8 Å². The highest BCUT2D eigenvalue weighted by molar-refractivity contribution is 6.30. The Bertz CT molecular complexity index is 442. The maximum Gasteiger partial charge on any atom is 0.130 e. The van der Waals surface area contributed by atoms with Crippen LogP contribution >= 0.6 is 11.6 Å². The van der Waals surface area contributed by atoms with Crippen LogP contribution in [0.4, 0.5) is 0 Å². The van der Waals surface area contributed by atoms with Crippen molar-refractivity contribution >= 4 is 11.6 Å². The Morgan fingerprint density at radius 2 is 2.35 bits per heavy atom. The molecule has 1 fully saturated rings. The molecule has 1 aromatic rings. The largest absolute Gasteiger partial charge is 0.383 e. The normalized spacial score (nSPS) is 22.6. The lowest BCUT2D eigenvalue weighted by atomic mass is 9.81. The summed E-state index contributed by atoms with van der Waals surface area (Å²) in [5.74, 6) is 0. The van der Waals surface area contributed by atoms with Gasteiger partial charge >= 0.3 is 0 Å². The molecule has 1 aliphatic rings. The number of hydrogen-bond donors (Lipinski definition) is 1. The summed E-state index contributed by atoms with van der Waals surface area (Å²) >= 11 is 6.36. The summed E-state index contributed by atoms with van der Waals surface area (Å²) in [6, 6.07) is 0. The van der Waals surface area contributed by atoms with Gasteiger partial charge in [-0.15, -0.1) is 0 Å². The van der Waals surface area contributed by atoms with Crippen LogP contribution in [0.15, 0.2) is 0 Å². The summed E-state index contributed by atoms with van der Waals surface area (Å²) in [6.45, 7) is 6.12. The first-order valence-corrected chi connectivity index (χ1v) is 7.41. The van der Waals surface area contributed by atoms with E-state index in [1.165, 1.54) is 0 Å². The molecule has 0 bridgehead atoms. The van der Waals surface area contributed by atoms with Crippen molar-refractivity contribution in [2.75, 3.05) is 40.0 Å². The van der Waals surface area contributed by atoms with E-state index in [1.54, 1.807) is 11.8 Å². The average molecular weight is 302 g/mol. The lowest BCUT2D eigenvalue weighted by Crippen LogP contribution is -2.38. The number of rotatable bonds is 7. The van der Waals surface area contributed by atoms with Crippen LogP contribution in [0, 0.1) is 12.3 Å². The molecule has 5 nitrogen and oxygen atoms in total. The van der Waals surface area contributed by atoms with Gasteiger partial charge in [0.1, 0.15) is 5.15 Å². The standard InChI is InChI=1S/C14H24ClN3O2/c1-11-12(13(15)18(2)17-11)8-14(4-6-20-10-14)9-16-5-7-19-3/h16H,4-10H2,1-3H3. The van der Waals surface area contributed by atoms with Crippen molar-refractivity contribution in [3.8, 4) is 0 Å². The Balaban J connectivity index is 2.05. The van der Waals surface area contributed by atoms with E-state index < -0.39 is 0 Å². The predicted octanol–water partition coefficient (Wildman–Crippen LogP) is 1.57. The molecule has 0 aromatic carbocycles. The number of methoxy groups -OCH3 is 1. The zero-order chi connectivity index (χ0) is 14.6. The molecule has 20 heavy (non-hydrogen) atoms. The average Bonchev–Trinajstić information content (AvgIpc) is 2.97. The minimum absolute atomic E-state index is 0.116. The van der Waals surface area contributed by atoms with Crippen LogP contribution in [-0.4, -0.2) is 49.8 Å². The van der Waals surface area contributed by atoms with Gasteiger partial charge in [0, 0.05) is 44.8 Å². The quantitative estimate of drug-likeness (QED) is 0.777. The number of nitrogens with zero attached hydrogens (tertiary/aromatic N) is 2. The molecule has 0 saturated carbocycles. The van der Waals surface area contributed by atoms with Gasteiger partial charge in [-0.1, -0.05) is 11.6 Å². The molecule has 0 amide bonds. The summed E-state index contributed by atoms with van der Waals surface area (Å²) < 4.78 is 12.4. The summed E-state index contributed by atoms with van der Waals surface area (Å²) in [5.41, 5.74) is 2.28. The maximum atomic E-state index is 6.36. The van der Waals surface area contributed by atoms with E-state index in [0.717, 1.165) is 62.2 Å². The topological polar surface area (TPSA) is 48.3 Å². The molecule has 0 spiro atoms. The highest BCUT2D eigenvalue weighted by Gasteiger charge is 2.36. The van der Waals surface area contributed by atoms with Crippen molar-refractivity contribution in [2.24, 2.45) is 12.5 Å². The Hall–Kier alpha value is -0.620. The highest BCUT2D eigenvalue weighted by atomic mass is 35.5. The molecule has 2 heterocycles. The van der Waals surface area contributed by atoms with Crippen molar-refractivity contribution in [2.45, 2.75) is 19.8 Å². The van der Waals surface area contributed by atoms with E-state index >= 15 is 0 Å². The van der Waals surface area contributed by atoms with Crippen molar-refractivity contribution < 1.29 is 9.47 Å². The molecule has 1 unspecified atom stereocenters. The molecule has 1 N–H and O–H groups in total. The summed E-state index contributed by atoms with van der Waals surface area (Å²) in [6.07, 6.45) is 1.96. The van der Waals surface area contributed by atoms with Crippen LogP contribution in [0.2, 0.25) is 5.15 Å². The Morgan fingerprint density at radius 3 is 2.90 bits per heavy atom. The zero-order valence-electron chi connectivity index (χ0n) is 12.5. The first-order valence-electron chi connectivity index (χ1n) is 7.03. The molecule has 6 heteroatoms. The van der Waals surface area contributed by atoms with E-state index in [1.807, 2.05) is 14.0 Å². The number of halogens is 1. The lowest BCUT2D eigenvalue weighted by Gasteiger charge is -2.28. The van der Waals surface area contributed by atoms with Gasteiger partial charge in [-0.3, -0.25) is 4.68 Å².